The van der Waals surface area contributed by atoms with Crippen LogP contribution in [0.15, 0.2) is 64.8 Å². The Labute approximate surface area is 185 Å². The second-order valence-corrected chi connectivity index (χ2v) is 10.2. The molecule has 5 rings (SSSR count). The summed E-state index contributed by atoms with van der Waals surface area (Å²) in [5.41, 5.74) is 3.51. The van der Waals surface area contributed by atoms with Crippen LogP contribution in [0.4, 0.5) is 0 Å². The van der Waals surface area contributed by atoms with Crippen LogP contribution < -0.4 is 0 Å². The highest BCUT2D eigenvalue weighted by atomic mass is 35.5. The van der Waals surface area contributed by atoms with Crippen LogP contribution in [0.25, 0.3) is 10.9 Å². The van der Waals surface area contributed by atoms with Crippen LogP contribution >= 0.6 is 11.6 Å². The topological polar surface area (TPSA) is 86.4 Å². The average molecular weight is 457 g/mol. The number of nitrogens with zero attached hydrogens (tertiary/aromatic N) is 3. The molecule has 0 spiro atoms. The van der Waals surface area contributed by atoms with Gasteiger partial charge in [-0.1, -0.05) is 41.9 Å². The molecule has 1 amide bonds. The third-order valence-corrected chi connectivity index (χ3v) is 8.23. The highest BCUT2D eigenvalue weighted by Gasteiger charge is 2.39. The Kier molecular flexibility index (Phi) is 4.88. The minimum absolute atomic E-state index is 0.0637. The zero-order valence-corrected chi connectivity index (χ0v) is 18.4. The molecule has 160 valence electrons. The van der Waals surface area contributed by atoms with Gasteiger partial charge in [-0.2, -0.15) is 4.31 Å². The molecule has 0 bridgehead atoms. The first kappa shape index (κ1) is 20.2. The molecule has 2 aliphatic heterocycles. The van der Waals surface area contributed by atoms with Gasteiger partial charge in [-0.05, 0) is 29.7 Å². The van der Waals surface area contributed by atoms with Crippen LogP contribution in [0, 0.1) is 0 Å². The van der Waals surface area contributed by atoms with Gasteiger partial charge in [0.05, 0.1) is 11.4 Å². The quantitative estimate of drug-likeness (QED) is 0.482. The number of carbonyl (C=O) groups excluding carboxylic acids is 1. The van der Waals surface area contributed by atoms with E-state index in [0.29, 0.717) is 37.1 Å². The van der Waals surface area contributed by atoms with Crippen molar-refractivity contribution in [1.82, 2.24) is 19.2 Å². The number of benzene rings is 1. The van der Waals surface area contributed by atoms with Crippen molar-refractivity contribution in [2.24, 2.45) is 0 Å². The molecule has 7 nitrogen and oxygen atoms in total. The molecule has 0 aliphatic carbocycles. The number of carbonyl (C=O) groups is 1. The fourth-order valence-electron chi connectivity index (χ4n) is 4.38. The maximum absolute atomic E-state index is 13.3. The molecule has 0 radical (unpaired) electrons. The summed E-state index contributed by atoms with van der Waals surface area (Å²) in [6.07, 6.45) is 2.96. The van der Waals surface area contributed by atoms with E-state index in [4.69, 9.17) is 11.6 Å². The maximum atomic E-state index is 13.3. The molecule has 2 aromatic heterocycles. The number of rotatable bonds is 4. The summed E-state index contributed by atoms with van der Waals surface area (Å²) in [7, 11) is -3.71. The van der Waals surface area contributed by atoms with Gasteiger partial charge >= 0.3 is 0 Å². The Hall–Kier alpha value is -2.68. The Morgan fingerprint density at radius 3 is 2.45 bits per heavy atom. The molecule has 1 N–H and O–H groups in total. The number of aromatic nitrogens is 2. The van der Waals surface area contributed by atoms with Crippen molar-refractivity contribution in [1.29, 1.82) is 0 Å². The van der Waals surface area contributed by atoms with E-state index >= 15 is 0 Å². The van der Waals surface area contributed by atoms with Crippen molar-refractivity contribution >= 4 is 38.4 Å². The van der Waals surface area contributed by atoms with Gasteiger partial charge in [0.2, 0.25) is 15.9 Å². The van der Waals surface area contributed by atoms with Crippen LogP contribution in [-0.2, 0) is 14.8 Å². The molecule has 0 fully saturated rings. The predicted octanol–water partition coefficient (Wildman–Crippen LogP) is 3.16. The molecule has 31 heavy (non-hydrogen) atoms. The van der Waals surface area contributed by atoms with E-state index in [1.54, 1.807) is 6.07 Å². The number of fused-ring (bicyclic) bond motifs is 1. The summed E-state index contributed by atoms with van der Waals surface area (Å²) in [5.74, 6) is -0.167. The molecule has 1 aromatic carbocycles. The minimum Gasteiger partial charge on any atom is -0.357 e. The van der Waals surface area contributed by atoms with Crippen LogP contribution in [0.1, 0.15) is 18.4 Å². The molecule has 2 aliphatic rings. The molecule has 9 heteroatoms. The lowest BCUT2D eigenvalue weighted by molar-refractivity contribution is -0.131. The number of pyridine rings is 1. The number of halogens is 1. The summed E-state index contributed by atoms with van der Waals surface area (Å²) >= 11 is 6.08. The fourth-order valence-corrected chi connectivity index (χ4v) is 6.17. The number of hydrogen-bond acceptors (Lipinski definition) is 4. The number of sulfonamides is 1. The van der Waals surface area contributed by atoms with Crippen molar-refractivity contribution in [2.45, 2.75) is 17.7 Å². The number of nitrogens with one attached hydrogen (secondary N) is 1. The second kappa shape index (κ2) is 7.47. The average Bonchev–Trinajstić information content (AvgIpc) is 3.47. The molecule has 0 saturated heterocycles. The maximum Gasteiger partial charge on any atom is 0.245 e. The lowest BCUT2D eigenvalue weighted by Gasteiger charge is -2.25. The highest BCUT2D eigenvalue weighted by Crippen LogP contribution is 2.34. The third-order valence-electron chi connectivity index (χ3n) is 6.12. The lowest BCUT2D eigenvalue weighted by Crippen LogP contribution is -2.38. The van der Waals surface area contributed by atoms with Crippen LogP contribution in [0.2, 0.25) is 5.15 Å². The van der Waals surface area contributed by atoms with E-state index in [1.807, 2.05) is 42.2 Å². The molecular formula is C22H21ClN4O3S. The van der Waals surface area contributed by atoms with Crippen molar-refractivity contribution in [2.75, 3.05) is 26.2 Å². The second-order valence-electron chi connectivity index (χ2n) is 7.98. The van der Waals surface area contributed by atoms with Crippen LogP contribution in [0.5, 0.6) is 0 Å². The number of amides is 1. The SMILES string of the molecule is C[C@@H](C(=O)N1CC2=C(C1)CN(S(=O)(=O)c1c[nH]c3c(Cl)nccc13)C2)c1ccccc1. The van der Waals surface area contributed by atoms with E-state index in [9.17, 15) is 13.2 Å². The van der Waals surface area contributed by atoms with Crippen molar-refractivity contribution in [3.8, 4) is 0 Å². The molecule has 0 unspecified atom stereocenters. The largest absolute Gasteiger partial charge is 0.357 e. The molecular weight excluding hydrogens is 436 g/mol. The van der Waals surface area contributed by atoms with Crippen LogP contribution in [0.3, 0.4) is 0 Å². The van der Waals surface area contributed by atoms with E-state index in [2.05, 4.69) is 9.97 Å². The minimum atomic E-state index is -3.71. The summed E-state index contributed by atoms with van der Waals surface area (Å²) in [6, 6.07) is 11.3. The zero-order valence-electron chi connectivity index (χ0n) is 16.9. The van der Waals surface area contributed by atoms with Gasteiger partial charge in [-0.15, -0.1) is 0 Å². The monoisotopic (exact) mass is 456 g/mol. The van der Waals surface area contributed by atoms with Gasteiger partial charge in [-0.3, -0.25) is 4.79 Å². The van der Waals surface area contributed by atoms with E-state index in [-0.39, 0.29) is 21.9 Å². The predicted molar refractivity (Wildman–Crippen MR) is 118 cm³/mol. The Morgan fingerprint density at radius 1 is 1.10 bits per heavy atom. The number of aromatic amines is 1. The van der Waals surface area contributed by atoms with Crippen molar-refractivity contribution < 1.29 is 13.2 Å². The summed E-state index contributed by atoms with van der Waals surface area (Å²) in [4.78, 5) is 21.9. The highest BCUT2D eigenvalue weighted by molar-refractivity contribution is 7.89. The molecule has 3 aromatic rings. The Bertz CT molecular complexity index is 1300. The Morgan fingerprint density at radius 2 is 1.77 bits per heavy atom. The summed E-state index contributed by atoms with van der Waals surface area (Å²) in [5, 5.41) is 0.767. The standard InChI is InChI=1S/C22H21ClN4O3S/c1-14(15-5-3-2-4-6-15)22(28)26-10-16-12-27(13-17(16)11-26)31(29,30)19-9-25-20-18(19)7-8-24-21(20)23/h2-9,14,25H,10-13H2,1H3/t14-/m1/s1. The zero-order chi connectivity index (χ0) is 21.8. The first-order chi connectivity index (χ1) is 14.9. The van der Waals surface area contributed by atoms with Gasteiger partial charge in [0, 0.05) is 44.0 Å². The van der Waals surface area contributed by atoms with Crippen molar-refractivity contribution in [3.05, 3.63) is 70.7 Å². The molecule has 4 heterocycles. The van der Waals surface area contributed by atoms with Gasteiger partial charge in [0.15, 0.2) is 5.15 Å². The van der Waals surface area contributed by atoms with Crippen molar-refractivity contribution in [3.63, 3.8) is 0 Å². The molecule has 1 atom stereocenters. The third kappa shape index (κ3) is 3.35. The fraction of sp³-hybridized carbons (Fsp3) is 0.273. The lowest BCUT2D eigenvalue weighted by atomic mass is 10.00. The number of H-pyrrole nitrogens is 1. The van der Waals surface area contributed by atoms with Gasteiger partial charge in [-0.25, -0.2) is 13.4 Å². The first-order valence-corrected chi connectivity index (χ1v) is 11.8. The normalized spacial score (nSPS) is 18.1. The summed E-state index contributed by atoms with van der Waals surface area (Å²) in [6.45, 7) is 3.45. The van der Waals surface area contributed by atoms with E-state index in [1.165, 1.54) is 16.7 Å². The van der Waals surface area contributed by atoms with E-state index in [0.717, 1.165) is 16.7 Å². The smallest absolute Gasteiger partial charge is 0.245 e. The number of hydrogen-bond donors (Lipinski definition) is 1. The van der Waals surface area contributed by atoms with Crippen LogP contribution in [-0.4, -0.2) is 59.7 Å². The van der Waals surface area contributed by atoms with Gasteiger partial charge in [0.1, 0.15) is 4.90 Å². The van der Waals surface area contributed by atoms with Gasteiger partial charge in [0.25, 0.3) is 0 Å². The Balaban J connectivity index is 1.31. The van der Waals surface area contributed by atoms with Gasteiger partial charge < -0.3 is 9.88 Å². The molecule has 0 saturated carbocycles. The summed E-state index contributed by atoms with van der Waals surface area (Å²) < 4.78 is 28.1. The van der Waals surface area contributed by atoms with E-state index < -0.39 is 10.0 Å². The first-order valence-electron chi connectivity index (χ1n) is 10.0.